The monoisotopic (exact) mass is 295 g/mol. The van der Waals surface area contributed by atoms with E-state index in [1.54, 1.807) is 11.1 Å². The average molecular weight is 295 g/mol. The Morgan fingerprint density at radius 2 is 2.00 bits per heavy atom. The van der Waals surface area contributed by atoms with Crippen molar-refractivity contribution >= 4 is 17.3 Å². The SMILES string of the molecule is Cc1cc(-c2cc3c(cc2N)N(C)C(=O)CC3(C)C)ccn1. The molecule has 4 heteroatoms. The van der Waals surface area contributed by atoms with Crippen molar-refractivity contribution in [3.63, 3.8) is 0 Å². The average Bonchev–Trinajstić information content (AvgIpc) is 2.44. The molecule has 2 N–H and O–H groups in total. The van der Waals surface area contributed by atoms with Crippen LogP contribution < -0.4 is 10.6 Å². The number of hydrogen-bond donors (Lipinski definition) is 1. The largest absolute Gasteiger partial charge is 0.398 e. The first-order chi connectivity index (χ1) is 10.3. The lowest BCUT2D eigenvalue weighted by Crippen LogP contribution is -2.39. The van der Waals surface area contributed by atoms with Crippen LogP contribution in [0.25, 0.3) is 11.1 Å². The highest BCUT2D eigenvalue weighted by Gasteiger charge is 2.35. The van der Waals surface area contributed by atoms with Gasteiger partial charge in [0.1, 0.15) is 0 Å². The molecule has 1 aliphatic heterocycles. The second-order valence-electron chi connectivity index (χ2n) is 6.66. The van der Waals surface area contributed by atoms with Gasteiger partial charge < -0.3 is 10.6 Å². The van der Waals surface area contributed by atoms with Crippen molar-refractivity contribution in [3.05, 3.63) is 41.7 Å². The number of nitrogen functional groups attached to an aromatic ring is 1. The highest BCUT2D eigenvalue weighted by molar-refractivity contribution is 5.99. The van der Waals surface area contributed by atoms with Crippen LogP contribution in [0.2, 0.25) is 0 Å². The number of nitrogens with zero attached hydrogens (tertiary/aromatic N) is 2. The predicted octanol–water partition coefficient (Wildman–Crippen LogP) is 3.28. The van der Waals surface area contributed by atoms with Crippen molar-refractivity contribution in [1.82, 2.24) is 4.98 Å². The topological polar surface area (TPSA) is 59.2 Å². The van der Waals surface area contributed by atoms with E-state index in [1.165, 1.54) is 0 Å². The van der Waals surface area contributed by atoms with E-state index >= 15 is 0 Å². The van der Waals surface area contributed by atoms with Crippen molar-refractivity contribution < 1.29 is 4.79 Å². The molecule has 0 bridgehead atoms. The minimum absolute atomic E-state index is 0.129. The zero-order valence-corrected chi connectivity index (χ0v) is 13.5. The fraction of sp³-hybridized carbons (Fsp3) is 0.333. The maximum Gasteiger partial charge on any atom is 0.227 e. The summed E-state index contributed by atoms with van der Waals surface area (Å²) in [7, 11) is 1.81. The van der Waals surface area contributed by atoms with Gasteiger partial charge in [0, 0.05) is 47.7 Å². The van der Waals surface area contributed by atoms with Crippen LogP contribution in [0.1, 0.15) is 31.5 Å². The maximum absolute atomic E-state index is 12.2. The van der Waals surface area contributed by atoms with Crippen LogP contribution in [-0.4, -0.2) is 17.9 Å². The van der Waals surface area contributed by atoms with Gasteiger partial charge in [-0.2, -0.15) is 0 Å². The molecule has 1 aromatic heterocycles. The predicted molar refractivity (Wildman–Crippen MR) is 89.9 cm³/mol. The third-order valence-electron chi connectivity index (χ3n) is 4.43. The maximum atomic E-state index is 12.2. The second kappa shape index (κ2) is 4.83. The number of aryl methyl sites for hydroxylation is 1. The molecule has 0 fully saturated rings. The number of rotatable bonds is 1. The van der Waals surface area contributed by atoms with Gasteiger partial charge in [0.2, 0.25) is 5.91 Å². The first-order valence-electron chi connectivity index (χ1n) is 7.43. The molecular weight excluding hydrogens is 274 g/mol. The normalized spacial score (nSPS) is 16.5. The molecule has 1 amide bonds. The smallest absolute Gasteiger partial charge is 0.227 e. The summed E-state index contributed by atoms with van der Waals surface area (Å²) in [5.74, 6) is 0.129. The Hall–Kier alpha value is -2.36. The Morgan fingerprint density at radius 1 is 1.27 bits per heavy atom. The summed E-state index contributed by atoms with van der Waals surface area (Å²) < 4.78 is 0. The third-order valence-corrected chi connectivity index (χ3v) is 4.43. The molecule has 0 radical (unpaired) electrons. The molecule has 2 heterocycles. The summed E-state index contributed by atoms with van der Waals surface area (Å²) in [6, 6.07) is 8.04. The van der Waals surface area contributed by atoms with Gasteiger partial charge >= 0.3 is 0 Å². The highest BCUT2D eigenvalue weighted by Crippen LogP contribution is 2.43. The fourth-order valence-electron chi connectivity index (χ4n) is 3.11. The standard InChI is InChI=1S/C18H21N3O/c1-11-7-12(5-6-20-11)13-8-14-16(9-15(13)19)21(4)17(22)10-18(14,2)3/h5-9H,10,19H2,1-4H3. The van der Waals surface area contributed by atoms with E-state index in [0.29, 0.717) is 12.1 Å². The molecule has 2 aromatic rings. The summed E-state index contributed by atoms with van der Waals surface area (Å²) in [6.45, 7) is 6.18. The Kier molecular flexibility index (Phi) is 3.20. The van der Waals surface area contributed by atoms with Gasteiger partial charge in [-0.15, -0.1) is 0 Å². The zero-order valence-electron chi connectivity index (χ0n) is 13.5. The van der Waals surface area contributed by atoms with Crippen LogP contribution in [0, 0.1) is 6.92 Å². The van der Waals surface area contributed by atoms with E-state index in [4.69, 9.17) is 5.73 Å². The Bertz CT molecular complexity index is 765. The first-order valence-corrected chi connectivity index (χ1v) is 7.43. The molecule has 1 aromatic carbocycles. The Balaban J connectivity index is 2.23. The molecule has 0 saturated carbocycles. The number of hydrogen-bond acceptors (Lipinski definition) is 3. The van der Waals surface area contributed by atoms with Crippen molar-refractivity contribution in [2.75, 3.05) is 17.7 Å². The van der Waals surface area contributed by atoms with Crippen molar-refractivity contribution in [1.29, 1.82) is 0 Å². The van der Waals surface area contributed by atoms with Crippen molar-refractivity contribution in [3.8, 4) is 11.1 Å². The number of nitrogens with two attached hydrogens (primary N) is 1. The molecule has 0 unspecified atom stereocenters. The number of pyridine rings is 1. The summed E-state index contributed by atoms with van der Waals surface area (Å²) >= 11 is 0. The van der Waals surface area contributed by atoms with Crippen LogP contribution in [0.4, 0.5) is 11.4 Å². The summed E-state index contributed by atoms with van der Waals surface area (Å²) in [4.78, 5) is 18.1. The zero-order chi connectivity index (χ0) is 16.1. The Labute approximate surface area is 131 Å². The van der Waals surface area contributed by atoms with Crippen LogP contribution in [0.15, 0.2) is 30.5 Å². The minimum atomic E-state index is -0.191. The molecule has 114 valence electrons. The van der Waals surface area contributed by atoms with Gasteiger partial charge in [-0.1, -0.05) is 13.8 Å². The molecule has 4 nitrogen and oxygen atoms in total. The number of carbonyl (C=O) groups is 1. The van der Waals surface area contributed by atoms with Gasteiger partial charge in [-0.3, -0.25) is 9.78 Å². The molecule has 22 heavy (non-hydrogen) atoms. The number of aromatic nitrogens is 1. The van der Waals surface area contributed by atoms with Crippen LogP contribution >= 0.6 is 0 Å². The lowest BCUT2D eigenvalue weighted by molar-refractivity contribution is -0.119. The van der Waals surface area contributed by atoms with Crippen LogP contribution in [0.5, 0.6) is 0 Å². The molecule has 1 aliphatic rings. The fourth-order valence-corrected chi connectivity index (χ4v) is 3.11. The van der Waals surface area contributed by atoms with E-state index in [1.807, 2.05) is 32.2 Å². The number of amides is 1. The number of carbonyl (C=O) groups excluding carboxylic acids is 1. The van der Waals surface area contributed by atoms with Gasteiger partial charge in [0.25, 0.3) is 0 Å². The number of anilines is 2. The first kappa shape index (κ1) is 14.6. The molecule has 0 saturated heterocycles. The van der Waals surface area contributed by atoms with Crippen molar-refractivity contribution in [2.45, 2.75) is 32.6 Å². The van der Waals surface area contributed by atoms with Gasteiger partial charge in [0.15, 0.2) is 0 Å². The highest BCUT2D eigenvalue weighted by atomic mass is 16.2. The quantitative estimate of drug-likeness (QED) is 0.821. The van der Waals surface area contributed by atoms with E-state index in [2.05, 4.69) is 24.9 Å². The Morgan fingerprint density at radius 3 is 2.68 bits per heavy atom. The van der Waals surface area contributed by atoms with Gasteiger partial charge in [-0.25, -0.2) is 0 Å². The lowest BCUT2D eigenvalue weighted by Gasteiger charge is -2.37. The summed E-state index contributed by atoms with van der Waals surface area (Å²) in [5, 5.41) is 0. The molecule has 0 atom stereocenters. The van der Waals surface area contributed by atoms with Crippen LogP contribution in [-0.2, 0) is 10.2 Å². The van der Waals surface area contributed by atoms with Crippen molar-refractivity contribution in [2.24, 2.45) is 0 Å². The van der Waals surface area contributed by atoms with Gasteiger partial charge in [0.05, 0.1) is 0 Å². The molecule has 3 rings (SSSR count). The number of fused-ring (bicyclic) bond motifs is 1. The summed E-state index contributed by atoms with van der Waals surface area (Å²) in [5.41, 5.74) is 11.8. The third kappa shape index (κ3) is 2.25. The van der Waals surface area contributed by atoms with E-state index < -0.39 is 0 Å². The summed E-state index contributed by atoms with van der Waals surface area (Å²) in [6.07, 6.45) is 2.31. The molecule has 0 spiro atoms. The van der Waals surface area contributed by atoms with E-state index in [0.717, 1.165) is 28.1 Å². The molecule has 0 aliphatic carbocycles. The van der Waals surface area contributed by atoms with Gasteiger partial charge in [-0.05, 0) is 42.3 Å². The second-order valence-corrected chi connectivity index (χ2v) is 6.66. The number of benzene rings is 1. The lowest BCUT2D eigenvalue weighted by atomic mass is 9.76. The molecular formula is C18H21N3O. The van der Waals surface area contributed by atoms with Crippen LogP contribution in [0.3, 0.4) is 0 Å². The minimum Gasteiger partial charge on any atom is -0.398 e. The van der Waals surface area contributed by atoms with E-state index in [-0.39, 0.29) is 11.3 Å². The van der Waals surface area contributed by atoms with E-state index in [9.17, 15) is 4.79 Å².